The highest BCUT2D eigenvalue weighted by Crippen LogP contribution is 2.18. The second-order valence-electron chi connectivity index (χ2n) is 4.85. The van der Waals surface area contributed by atoms with Crippen molar-refractivity contribution in [3.8, 4) is 0 Å². The third kappa shape index (κ3) is 5.70. The summed E-state index contributed by atoms with van der Waals surface area (Å²) in [5.41, 5.74) is 6.21. The molecule has 0 aliphatic rings. The second-order valence-corrected chi connectivity index (χ2v) is 5.26. The van der Waals surface area contributed by atoms with Gasteiger partial charge in [-0.1, -0.05) is 31.0 Å². The molecule has 2 nitrogen and oxygen atoms in total. The number of carbonyl (C=O) groups is 1. The number of ketones is 1. The Bertz CT molecular complexity index is 423. The Morgan fingerprint density at radius 1 is 1.42 bits per heavy atom. The van der Waals surface area contributed by atoms with Gasteiger partial charge in [-0.25, -0.2) is 4.39 Å². The highest BCUT2D eigenvalue weighted by atomic mass is 35.5. The van der Waals surface area contributed by atoms with Gasteiger partial charge in [-0.3, -0.25) is 4.79 Å². The fourth-order valence-electron chi connectivity index (χ4n) is 2.12. The Hall–Kier alpha value is -0.930. The van der Waals surface area contributed by atoms with Crippen LogP contribution in [-0.2, 0) is 11.2 Å². The van der Waals surface area contributed by atoms with Crippen molar-refractivity contribution in [2.24, 2.45) is 11.7 Å². The van der Waals surface area contributed by atoms with Crippen molar-refractivity contribution in [1.82, 2.24) is 0 Å². The van der Waals surface area contributed by atoms with Crippen molar-refractivity contribution in [1.29, 1.82) is 0 Å². The van der Waals surface area contributed by atoms with Crippen LogP contribution in [-0.4, -0.2) is 12.3 Å². The topological polar surface area (TPSA) is 43.1 Å². The van der Waals surface area contributed by atoms with Gasteiger partial charge in [0.2, 0.25) is 0 Å². The maximum atomic E-state index is 13.2. The van der Waals surface area contributed by atoms with Gasteiger partial charge in [-0.15, -0.1) is 0 Å². The molecule has 0 saturated heterocycles. The van der Waals surface area contributed by atoms with Gasteiger partial charge < -0.3 is 5.73 Å². The number of carbonyl (C=O) groups excluding carboxylic acids is 1. The molecule has 1 rings (SSSR count). The lowest BCUT2D eigenvalue weighted by Gasteiger charge is -2.12. The second kappa shape index (κ2) is 8.28. The molecule has 1 unspecified atom stereocenters. The molecular formula is C15H21ClFNO. The van der Waals surface area contributed by atoms with Crippen molar-refractivity contribution < 1.29 is 9.18 Å². The molecule has 0 bridgehead atoms. The first kappa shape index (κ1) is 16.1. The van der Waals surface area contributed by atoms with E-state index in [1.165, 1.54) is 12.1 Å². The number of hydrogen-bond acceptors (Lipinski definition) is 2. The molecule has 0 aliphatic heterocycles. The minimum Gasteiger partial charge on any atom is -0.330 e. The van der Waals surface area contributed by atoms with E-state index in [4.69, 9.17) is 17.3 Å². The van der Waals surface area contributed by atoms with Crippen LogP contribution in [0.3, 0.4) is 0 Å². The Labute approximate surface area is 119 Å². The van der Waals surface area contributed by atoms with Gasteiger partial charge in [0.05, 0.1) is 5.02 Å². The van der Waals surface area contributed by atoms with Crippen LogP contribution in [0, 0.1) is 11.7 Å². The van der Waals surface area contributed by atoms with Crippen LogP contribution in [0.2, 0.25) is 5.02 Å². The molecule has 0 radical (unpaired) electrons. The first-order valence-electron chi connectivity index (χ1n) is 6.72. The van der Waals surface area contributed by atoms with E-state index in [1.54, 1.807) is 6.07 Å². The summed E-state index contributed by atoms with van der Waals surface area (Å²) in [5, 5.41) is 0.0881. The zero-order valence-corrected chi connectivity index (χ0v) is 12.0. The first-order valence-corrected chi connectivity index (χ1v) is 7.10. The smallest absolute Gasteiger partial charge is 0.142 e. The number of nitrogens with two attached hydrogens (primary N) is 1. The molecule has 0 aliphatic carbocycles. The fraction of sp³-hybridized carbons (Fsp3) is 0.533. The summed E-state index contributed by atoms with van der Waals surface area (Å²) in [5.74, 6) is 0.176. The Balaban J connectivity index is 2.44. The van der Waals surface area contributed by atoms with Crippen LogP contribution in [0.5, 0.6) is 0 Å². The van der Waals surface area contributed by atoms with Crippen LogP contribution in [0.4, 0.5) is 4.39 Å². The molecule has 2 N–H and O–H groups in total. The van der Waals surface area contributed by atoms with Crippen LogP contribution in [0.25, 0.3) is 0 Å². The maximum absolute atomic E-state index is 13.2. The minimum absolute atomic E-state index is 0.0881. The molecule has 4 heteroatoms. The van der Waals surface area contributed by atoms with E-state index >= 15 is 0 Å². The van der Waals surface area contributed by atoms with Crippen molar-refractivity contribution in [3.63, 3.8) is 0 Å². The summed E-state index contributed by atoms with van der Waals surface area (Å²) in [4.78, 5) is 11.8. The molecular weight excluding hydrogens is 265 g/mol. The molecule has 0 aromatic heterocycles. The van der Waals surface area contributed by atoms with E-state index in [0.717, 1.165) is 19.3 Å². The molecule has 0 fully saturated rings. The molecule has 0 saturated carbocycles. The predicted octanol–water partition coefficient (Wildman–Crippen LogP) is 3.75. The zero-order valence-electron chi connectivity index (χ0n) is 11.3. The number of Topliss-reactive ketones (excluding diaryl/α,β-unsaturated/α-hetero) is 1. The summed E-state index contributed by atoms with van der Waals surface area (Å²) in [7, 11) is 0. The van der Waals surface area contributed by atoms with Crippen LogP contribution in [0.1, 0.15) is 38.2 Å². The minimum atomic E-state index is -0.471. The molecule has 0 heterocycles. The Kier molecular flexibility index (Phi) is 7.03. The highest BCUT2D eigenvalue weighted by molar-refractivity contribution is 6.30. The van der Waals surface area contributed by atoms with Crippen molar-refractivity contribution >= 4 is 17.4 Å². The number of halogens is 2. The first-order chi connectivity index (χ1) is 9.06. The summed E-state index contributed by atoms with van der Waals surface area (Å²) in [6.07, 6.45) is 3.66. The lowest BCUT2D eigenvalue weighted by atomic mass is 9.94. The Morgan fingerprint density at radius 3 is 2.74 bits per heavy atom. The van der Waals surface area contributed by atoms with Crippen LogP contribution >= 0.6 is 11.6 Å². The van der Waals surface area contributed by atoms with E-state index < -0.39 is 5.82 Å². The summed E-state index contributed by atoms with van der Waals surface area (Å²) >= 11 is 5.60. The normalized spacial score (nSPS) is 12.4. The Morgan fingerprint density at radius 2 is 2.16 bits per heavy atom. The van der Waals surface area contributed by atoms with Gasteiger partial charge in [-0.2, -0.15) is 0 Å². The SMILES string of the molecule is CCC(CCN)CCC(=O)Cc1ccc(Cl)c(F)c1. The van der Waals surface area contributed by atoms with E-state index in [1.807, 2.05) is 0 Å². The molecule has 1 aromatic rings. The monoisotopic (exact) mass is 285 g/mol. The average molecular weight is 286 g/mol. The lowest BCUT2D eigenvalue weighted by Crippen LogP contribution is -2.11. The molecule has 106 valence electrons. The van der Waals surface area contributed by atoms with E-state index in [2.05, 4.69) is 6.92 Å². The highest BCUT2D eigenvalue weighted by Gasteiger charge is 2.10. The van der Waals surface area contributed by atoms with Gasteiger partial charge in [0.25, 0.3) is 0 Å². The maximum Gasteiger partial charge on any atom is 0.142 e. The van der Waals surface area contributed by atoms with Crippen molar-refractivity contribution in [2.45, 2.75) is 39.0 Å². The molecule has 19 heavy (non-hydrogen) atoms. The van der Waals surface area contributed by atoms with Gasteiger partial charge in [0.1, 0.15) is 11.6 Å². The van der Waals surface area contributed by atoms with Crippen molar-refractivity contribution in [3.05, 3.63) is 34.6 Å². The lowest BCUT2D eigenvalue weighted by molar-refractivity contribution is -0.118. The predicted molar refractivity (Wildman–Crippen MR) is 76.8 cm³/mol. The van der Waals surface area contributed by atoms with Crippen LogP contribution < -0.4 is 5.73 Å². The standard InChI is InChI=1S/C15H21ClFNO/c1-2-11(7-8-18)3-5-13(19)9-12-4-6-14(16)15(17)10-12/h4,6,10-11H,2-3,5,7-9,18H2,1H3. The van der Waals surface area contributed by atoms with Crippen molar-refractivity contribution in [2.75, 3.05) is 6.54 Å². The van der Waals surface area contributed by atoms with Gasteiger partial charge in [0, 0.05) is 12.8 Å². The van der Waals surface area contributed by atoms with E-state index in [9.17, 15) is 9.18 Å². The fourth-order valence-corrected chi connectivity index (χ4v) is 2.24. The molecule has 0 spiro atoms. The third-order valence-electron chi connectivity index (χ3n) is 3.37. The van der Waals surface area contributed by atoms with Gasteiger partial charge >= 0.3 is 0 Å². The molecule has 0 amide bonds. The van der Waals surface area contributed by atoms with E-state index in [-0.39, 0.29) is 17.2 Å². The number of rotatable bonds is 8. The van der Waals surface area contributed by atoms with E-state index in [0.29, 0.717) is 24.4 Å². The van der Waals surface area contributed by atoms with Gasteiger partial charge in [0.15, 0.2) is 0 Å². The number of benzene rings is 1. The molecule has 1 atom stereocenters. The zero-order chi connectivity index (χ0) is 14.3. The third-order valence-corrected chi connectivity index (χ3v) is 3.68. The van der Waals surface area contributed by atoms with Crippen LogP contribution in [0.15, 0.2) is 18.2 Å². The molecule has 1 aromatic carbocycles. The van der Waals surface area contributed by atoms with Gasteiger partial charge in [-0.05, 0) is 43.0 Å². The average Bonchev–Trinajstić information content (AvgIpc) is 2.39. The largest absolute Gasteiger partial charge is 0.330 e. The number of hydrogen-bond donors (Lipinski definition) is 1. The summed E-state index contributed by atoms with van der Waals surface area (Å²) in [6.45, 7) is 2.77. The summed E-state index contributed by atoms with van der Waals surface area (Å²) in [6, 6.07) is 4.51. The quantitative estimate of drug-likeness (QED) is 0.790. The summed E-state index contributed by atoms with van der Waals surface area (Å²) < 4.78 is 13.2.